The molecule has 1 aromatic rings. The Hall–Kier alpha value is -1.55. The van der Waals surface area contributed by atoms with Crippen molar-refractivity contribution >= 4 is 41.5 Å². The smallest absolute Gasteiger partial charge is 0.242 e. The maximum atomic E-state index is 12.5. The van der Waals surface area contributed by atoms with Crippen LogP contribution in [0.4, 0.5) is 5.69 Å². The Kier molecular flexibility index (Phi) is 9.86. The molecule has 1 aromatic carbocycles. The van der Waals surface area contributed by atoms with E-state index in [0.717, 1.165) is 26.2 Å². The first-order chi connectivity index (χ1) is 12.4. The van der Waals surface area contributed by atoms with E-state index in [-0.39, 0.29) is 42.0 Å². The molecular formula is C19H32IN5O2. The molecule has 1 aliphatic heterocycles. The van der Waals surface area contributed by atoms with E-state index in [2.05, 4.69) is 32.7 Å². The lowest BCUT2D eigenvalue weighted by molar-refractivity contribution is -0.130. The lowest BCUT2D eigenvalue weighted by atomic mass is 10.1. The number of methoxy groups -OCH3 is 1. The lowest BCUT2D eigenvalue weighted by Gasteiger charge is -2.36. The fourth-order valence-electron chi connectivity index (χ4n) is 2.71. The molecule has 27 heavy (non-hydrogen) atoms. The van der Waals surface area contributed by atoms with Crippen LogP contribution < -0.4 is 15.5 Å². The Morgan fingerprint density at radius 2 is 1.78 bits per heavy atom. The van der Waals surface area contributed by atoms with Gasteiger partial charge in [0.05, 0.1) is 12.1 Å². The fourth-order valence-corrected chi connectivity index (χ4v) is 2.71. The minimum atomic E-state index is -0.296. The number of carbonyl (C=O) groups is 1. The van der Waals surface area contributed by atoms with E-state index in [1.807, 2.05) is 36.9 Å². The minimum absolute atomic E-state index is 0. The number of guanidine groups is 1. The Labute approximate surface area is 179 Å². The van der Waals surface area contributed by atoms with Crippen molar-refractivity contribution < 1.29 is 9.53 Å². The number of hydrogen-bond donors (Lipinski definition) is 2. The highest BCUT2D eigenvalue weighted by Gasteiger charge is 2.21. The molecule has 0 saturated carbocycles. The first-order valence-electron chi connectivity index (χ1n) is 9.02. The van der Waals surface area contributed by atoms with Gasteiger partial charge in [-0.2, -0.15) is 0 Å². The summed E-state index contributed by atoms with van der Waals surface area (Å²) in [5.74, 6) is 0.693. The normalized spacial score (nSPS) is 15.2. The van der Waals surface area contributed by atoms with Crippen molar-refractivity contribution in [2.75, 3.05) is 58.3 Å². The quantitative estimate of drug-likeness (QED) is 0.361. The zero-order valence-corrected chi connectivity index (χ0v) is 19.0. The molecule has 0 atom stereocenters. The summed E-state index contributed by atoms with van der Waals surface area (Å²) in [6, 6.07) is 10.3. The number of aliphatic imine (C=N–C) groups is 1. The molecule has 1 amide bonds. The number of ether oxygens (including phenoxy) is 1. The summed E-state index contributed by atoms with van der Waals surface area (Å²) < 4.78 is 5.37. The van der Waals surface area contributed by atoms with Gasteiger partial charge >= 0.3 is 0 Å². The molecule has 0 spiro atoms. The largest absolute Gasteiger partial charge is 0.377 e. The van der Waals surface area contributed by atoms with Crippen LogP contribution in [0, 0.1) is 0 Å². The summed E-state index contributed by atoms with van der Waals surface area (Å²) in [7, 11) is 3.37. The predicted molar refractivity (Wildman–Crippen MR) is 121 cm³/mol. The van der Waals surface area contributed by atoms with Gasteiger partial charge in [0.25, 0.3) is 0 Å². The van der Waals surface area contributed by atoms with Crippen LogP contribution in [-0.4, -0.2) is 75.8 Å². The molecule has 0 aromatic heterocycles. The second kappa shape index (κ2) is 11.3. The highest BCUT2D eigenvalue weighted by atomic mass is 127. The number of para-hydroxylation sites is 1. The number of anilines is 1. The third-order valence-electron chi connectivity index (χ3n) is 4.62. The van der Waals surface area contributed by atoms with Crippen molar-refractivity contribution in [1.82, 2.24) is 15.5 Å². The molecular weight excluding hydrogens is 457 g/mol. The van der Waals surface area contributed by atoms with Gasteiger partial charge in [-0.3, -0.25) is 9.79 Å². The second-order valence-corrected chi connectivity index (χ2v) is 6.95. The Morgan fingerprint density at radius 3 is 2.33 bits per heavy atom. The summed E-state index contributed by atoms with van der Waals surface area (Å²) in [6.07, 6.45) is 0. The third kappa shape index (κ3) is 7.53. The average Bonchev–Trinajstić information content (AvgIpc) is 2.68. The maximum Gasteiger partial charge on any atom is 0.242 e. The number of rotatable bonds is 6. The molecule has 2 N–H and O–H groups in total. The van der Waals surface area contributed by atoms with Gasteiger partial charge < -0.3 is 25.2 Å². The minimum Gasteiger partial charge on any atom is -0.377 e. The first kappa shape index (κ1) is 23.5. The molecule has 0 aliphatic carbocycles. The molecule has 1 saturated heterocycles. The van der Waals surface area contributed by atoms with E-state index in [9.17, 15) is 4.79 Å². The number of nitrogens with one attached hydrogen (secondary N) is 2. The van der Waals surface area contributed by atoms with Crippen molar-refractivity contribution in [3.8, 4) is 0 Å². The predicted octanol–water partition coefficient (Wildman–Crippen LogP) is 1.54. The van der Waals surface area contributed by atoms with Crippen LogP contribution in [0.25, 0.3) is 0 Å². The summed E-state index contributed by atoms with van der Waals surface area (Å²) in [4.78, 5) is 20.8. The SMILES string of the molecule is CN=C(NCC(=O)N1CCN(c2ccccc2)CC1)NCC(C)(C)OC.I. The fraction of sp³-hybridized carbons (Fsp3) is 0.579. The summed E-state index contributed by atoms with van der Waals surface area (Å²) in [5.41, 5.74) is 0.915. The third-order valence-corrected chi connectivity index (χ3v) is 4.62. The van der Waals surface area contributed by atoms with Crippen LogP contribution >= 0.6 is 24.0 Å². The van der Waals surface area contributed by atoms with Crippen molar-refractivity contribution in [1.29, 1.82) is 0 Å². The molecule has 8 heteroatoms. The average molecular weight is 489 g/mol. The summed E-state index contributed by atoms with van der Waals surface area (Å²) in [5, 5.41) is 6.27. The van der Waals surface area contributed by atoms with E-state index >= 15 is 0 Å². The van der Waals surface area contributed by atoms with E-state index in [0.29, 0.717) is 12.5 Å². The molecule has 0 bridgehead atoms. The Bertz CT molecular complexity index is 601. The monoisotopic (exact) mass is 489 g/mol. The van der Waals surface area contributed by atoms with Crippen LogP contribution in [0.2, 0.25) is 0 Å². The van der Waals surface area contributed by atoms with Crippen LogP contribution in [0.3, 0.4) is 0 Å². The van der Waals surface area contributed by atoms with Gasteiger partial charge in [0, 0.05) is 52.6 Å². The Balaban J connectivity index is 0.00000364. The van der Waals surface area contributed by atoms with E-state index in [4.69, 9.17) is 4.74 Å². The van der Waals surface area contributed by atoms with Gasteiger partial charge in [-0.25, -0.2) is 0 Å². The van der Waals surface area contributed by atoms with Gasteiger partial charge in [-0.05, 0) is 26.0 Å². The first-order valence-corrected chi connectivity index (χ1v) is 9.02. The number of halogens is 1. The van der Waals surface area contributed by atoms with Crippen LogP contribution in [0.5, 0.6) is 0 Å². The van der Waals surface area contributed by atoms with Gasteiger partial charge in [-0.15, -0.1) is 24.0 Å². The second-order valence-electron chi connectivity index (χ2n) is 6.95. The number of piperazine rings is 1. The number of amides is 1. The van der Waals surface area contributed by atoms with E-state index in [1.165, 1.54) is 5.69 Å². The number of benzene rings is 1. The van der Waals surface area contributed by atoms with Gasteiger partial charge in [-0.1, -0.05) is 18.2 Å². The zero-order chi connectivity index (χ0) is 19.0. The van der Waals surface area contributed by atoms with Gasteiger partial charge in [0.1, 0.15) is 0 Å². The number of nitrogens with zero attached hydrogens (tertiary/aromatic N) is 3. The van der Waals surface area contributed by atoms with Crippen LogP contribution in [0.15, 0.2) is 35.3 Å². The summed E-state index contributed by atoms with van der Waals surface area (Å²) in [6.45, 7) is 7.99. The van der Waals surface area contributed by atoms with Crippen molar-refractivity contribution in [3.05, 3.63) is 30.3 Å². The van der Waals surface area contributed by atoms with E-state index < -0.39 is 0 Å². The standard InChI is InChI=1S/C19H31N5O2.HI/c1-19(2,26-4)15-22-18(20-3)21-14-17(25)24-12-10-23(11-13-24)16-8-6-5-7-9-16;/h5-9H,10-15H2,1-4H3,(H2,20,21,22);1H. The Morgan fingerprint density at radius 1 is 1.15 bits per heavy atom. The highest BCUT2D eigenvalue weighted by Crippen LogP contribution is 2.15. The van der Waals surface area contributed by atoms with Gasteiger partial charge in [0.2, 0.25) is 5.91 Å². The van der Waals surface area contributed by atoms with Crippen molar-refractivity contribution in [2.24, 2.45) is 4.99 Å². The summed E-state index contributed by atoms with van der Waals surface area (Å²) >= 11 is 0. The molecule has 2 rings (SSSR count). The van der Waals surface area contributed by atoms with Crippen molar-refractivity contribution in [2.45, 2.75) is 19.4 Å². The molecule has 1 fully saturated rings. The molecule has 0 unspecified atom stereocenters. The highest BCUT2D eigenvalue weighted by molar-refractivity contribution is 14.0. The maximum absolute atomic E-state index is 12.5. The van der Waals surface area contributed by atoms with Gasteiger partial charge in [0.15, 0.2) is 5.96 Å². The number of carbonyl (C=O) groups excluding carboxylic acids is 1. The lowest BCUT2D eigenvalue weighted by Crippen LogP contribution is -2.53. The topological polar surface area (TPSA) is 69.2 Å². The molecule has 0 radical (unpaired) electrons. The zero-order valence-electron chi connectivity index (χ0n) is 16.7. The van der Waals surface area contributed by atoms with Crippen molar-refractivity contribution in [3.63, 3.8) is 0 Å². The van der Waals surface area contributed by atoms with Crippen LogP contribution in [0.1, 0.15) is 13.8 Å². The molecule has 1 heterocycles. The molecule has 152 valence electrons. The molecule has 1 aliphatic rings. The van der Waals surface area contributed by atoms with Crippen LogP contribution in [-0.2, 0) is 9.53 Å². The molecule has 7 nitrogen and oxygen atoms in total. The number of hydrogen-bond acceptors (Lipinski definition) is 4. The van der Waals surface area contributed by atoms with E-state index in [1.54, 1.807) is 14.2 Å².